The van der Waals surface area contributed by atoms with Crippen LogP contribution in [0.1, 0.15) is 19.4 Å². The lowest BCUT2D eigenvalue weighted by Gasteiger charge is -2.34. The van der Waals surface area contributed by atoms with Crippen LogP contribution in [0.25, 0.3) is 0 Å². The van der Waals surface area contributed by atoms with Crippen molar-refractivity contribution in [3.05, 3.63) is 35.4 Å². The summed E-state index contributed by atoms with van der Waals surface area (Å²) in [5.41, 5.74) is -0.408. The second kappa shape index (κ2) is 6.01. The first kappa shape index (κ1) is 14.7. The van der Waals surface area contributed by atoms with Crippen molar-refractivity contribution in [2.75, 3.05) is 11.8 Å². The molecule has 0 heterocycles. The summed E-state index contributed by atoms with van der Waals surface area (Å²) >= 11 is 11.9. The first-order valence-corrected chi connectivity index (χ1v) is 6.58. The number of alkyl halides is 2. The topological polar surface area (TPSA) is 0 Å². The molecule has 0 bridgehead atoms. The fourth-order valence-electron chi connectivity index (χ4n) is 1.70. The van der Waals surface area contributed by atoms with Crippen molar-refractivity contribution in [3.63, 3.8) is 0 Å². The van der Waals surface area contributed by atoms with Crippen molar-refractivity contribution >= 4 is 23.2 Å². The van der Waals surface area contributed by atoms with Crippen LogP contribution < -0.4 is 0 Å². The monoisotopic (exact) mass is 280 g/mol. The summed E-state index contributed by atoms with van der Waals surface area (Å²) in [4.78, 5) is 0. The maximum absolute atomic E-state index is 13.6. The third-order valence-electron chi connectivity index (χ3n) is 3.35. The van der Waals surface area contributed by atoms with Crippen LogP contribution >= 0.6 is 23.2 Å². The van der Waals surface area contributed by atoms with Crippen LogP contribution in [0, 0.1) is 23.0 Å². The summed E-state index contributed by atoms with van der Waals surface area (Å²) < 4.78 is 27.2. The number of rotatable bonds is 5. The Morgan fingerprint density at radius 1 is 1.12 bits per heavy atom. The van der Waals surface area contributed by atoms with E-state index in [1.165, 1.54) is 18.2 Å². The molecule has 96 valence electrons. The summed E-state index contributed by atoms with van der Waals surface area (Å²) in [7, 11) is 0. The largest absolute Gasteiger partial charge is 0.207 e. The summed E-state index contributed by atoms with van der Waals surface area (Å²) in [6, 6.07) is 3.87. The van der Waals surface area contributed by atoms with Gasteiger partial charge in [-0.3, -0.25) is 0 Å². The Morgan fingerprint density at radius 3 is 1.94 bits per heavy atom. The van der Waals surface area contributed by atoms with Crippen molar-refractivity contribution in [2.45, 2.75) is 20.3 Å². The molecule has 0 aliphatic carbocycles. The number of halogens is 4. The summed E-state index contributed by atoms with van der Waals surface area (Å²) in [6.45, 7) is 3.92. The van der Waals surface area contributed by atoms with Crippen molar-refractivity contribution in [1.82, 2.24) is 0 Å². The van der Waals surface area contributed by atoms with Crippen molar-refractivity contribution in [1.29, 1.82) is 0 Å². The van der Waals surface area contributed by atoms with Crippen LogP contribution in [-0.4, -0.2) is 11.8 Å². The van der Waals surface area contributed by atoms with Gasteiger partial charge in [0.1, 0.15) is 11.6 Å². The first-order valence-electron chi connectivity index (χ1n) is 5.51. The van der Waals surface area contributed by atoms with Gasteiger partial charge in [0, 0.05) is 22.7 Å². The molecule has 0 nitrogen and oxygen atoms in total. The molecular formula is C13H16Cl2F2. The van der Waals surface area contributed by atoms with E-state index in [1.807, 2.05) is 13.8 Å². The minimum Gasteiger partial charge on any atom is -0.207 e. The molecule has 0 aromatic heterocycles. The highest BCUT2D eigenvalue weighted by Crippen LogP contribution is 2.36. The molecule has 1 aromatic carbocycles. The van der Waals surface area contributed by atoms with Crippen molar-refractivity contribution in [2.24, 2.45) is 11.3 Å². The molecular weight excluding hydrogens is 265 g/mol. The zero-order valence-corrected chi connectivity index (χ0v) is 11.5. The molecule has 1 rings (SSSR count). The lowest BCUT2D eigenvalue weighted by atomic mass is 9.75. The average molecular weight is 281 g/mol. The average Bonchev–Trinajstić information content (AvgIpc) is 2.29. The van der Waals surface area contributed by atoms with Gasteiger partial charge >= 0.3 is 0 Å². The predicted octanol–water partition coefficient (Wildman–Crippen LogP) is 4.63. The lowest BCUT2D eigenvalue weighted by molar-refractivity contribution is 0.252. The fraction of sp³-hybridized carbons (Fsp3) is 0.538. The molecule has 0 N–H and O–H groups in total. The SMILES string of the molecule is CC(C)C(CCl)(CCl)Cc1c(F)cccc1F. The number of hydrogen-bond donors (Lipinski definition) is 0. The molecule has 0 atom stereocenters. The minimum atomic E-state index is -0.537. The van der Waals surface area contributed by atoms with E-state index >= 15 is 0 Å². The number of hydrogen-bond acceptors (Lipinski definition) is 0. The molecule has 0 spiro atoms. The Kier molecular flexibility index (Phi) is 5.21. The Morgan fingerprint density at radius 2 is 1.59 bits per heavy atom. The van der Waals surface area contributed by atoms with Gasteiger partial charge in [0.15, 0.2) is 0 Å². The third-order valence-corrected chi connectivity index (χ3v) is 4.41. The van der Waals surface area contributed by atoms with E-state index in [2.05, 4.69) is 0 Å². The van der Waals surface area contributed by atoms with Gasteiger partial charge in [0.25, 0.3) is 0 Å². The fourth-order valence-corrected chi connectivity index (χ4v) is 2.79. The van der Waals surface area contributed by atoms with Crippen molar-refractivity contribution in [3.8, 4) is 0 Å². The van der Waals surface area contributed by atoms with Gasteiger partial charge in [0.2, 0.25) is 0 Å². The van der Waals surface area contributed by atoms with Gasteiger partial charge in [-0.1, -0.05) is 19.9 Å². The zero-order chi connectivity index (χ0) is 13.1. The Balaban J connectivity index is 3.10. The van der Waals surface area contributed by atoms with Crippen molar-refractivity contribution < 1.29 is 8.78 Å². The maximum Gasteiger partial charge on any atom is 0.129 e. The molecule has 0 aliphatic rings. The molecule has 0 radical (unpaired) electrons. The van der Waals surface area contributed by atoms with Crippen LogP contribution in [0.2, 0.25) is 0 Å². The van der Waals surface area contributed by atoms with E-state index in [9.17, 15) is 8.78 Å². The van der Waals surface area contributed by atoms with Gasteiger partial charge < -0.3 is 0 Å². The van der Waals surface area contributed by atoms with Gasteiger partial charge in [-0.05, 0) is 24.5 Å². The molecule has 0 aliphatic heterocycles. The van der Waals surface area contributed by atoms with Crippen LogP contribution in [0.4, 0.5) is 8.78 Å². The highest BCUT2D eigenvalue weighted by Gasteiger charge is 2.34. The van der Waals surface area contributed by atoms with E-state index in [4.69, 9.17) is 23.2 Å². The van der Waals surface area contributed by atoms with E-state index in [1.54, 1.807) is 0 Å². The van der Waals surface area contributed by atoms with Crippen LogP contribution in [0.5, 0.6) is 0 Å². The summed E-state index contributed by atoms with van der Waals surface area (Å²) in [5, 5.41) is 0. The smallest absolute Gasteiger partial charge is 0.129 e. The third kappa shape index (κ3) is 3.11. The first-order chi connectivity index (χ1) is 7.96. The quantitative estimate of drug-likeness (QED) is 0.690. The van der Waals surface area contributed by atoms with Crippen LogP contribution in [-0.2, 0) is 6.42 Å². The van der Waals surface area contributed by atoms with E-state index in [-0.39, 0.29) is 29.7 Å². The molecule has 0 unspecified atom stereocenters. The molecule has 0 saturated heterocycles. The zero-order valence-electron chi connectivity index (χ0n) is 9.94. The maximum atomic E-state index is 13.6. The molecule has 0 amide bonds. The molecule has 17 heavy (non-hydrogen) atoms. The lowest BCUT2D eigenvalue weighted by Crippen LogP contribution is -2.34. The standard InChI is InChI=1S/C13H16Cl2F2/c1-9(2)13(7-14,8-15)6-10-11(16)4-3-5-12(10)17/h3-5,9H,6-8H2,1-2H3. The van der Waals surface area contributed by atoms with Crippen LogP contribution in [0.15, 0.2) is 18.2 Å². The van der Waals surface area contributed by atoms with Gasteiger partial charge in [0.05, 0.1) is 0 Å². The predicted molar refractivity (Wildman–Crippen MR) is 68.8 cm³/mol. The van der Waals surface area contributed by atoms with E-state index < -0.39 is 17.0 Å². The highest BCUT2D eigenvalue weighted by molar-refractivity contribution is 6.21. The second-order valence-electron chi connectivity index (χ2n) is 4.66. The Bertz CT molecular complexity index is 353. The normalized spacial score (nSPS) is 12.2. The van der Waals surface area contributed by atoms with Gasteiger partial charge in [-0.15, -0.1) is 23.2 Å². The summed E-state index contributed by atoms with van der Waals surface area (Å²) in [6.07, 6.45) is 0.218. The molecule has 4 heteroatoms. The Labute approximate surface area is 111 Å². The van der Waals surface area contributed by atoms with Gasteiger partial charge in [-0.25, -0.2) is 8.78 Å². The molecule has 0 fully saturated rings. The Hall–Kier alpha value is -0.340. The van der Waals surface area contributed by atoms with Crippen LogP contribution in [0.3, 0.4) is 0 Å². The van der Waals surface area contributed by atoms with Gasteiger partial charge in [-0.2, -0.15) is 0 Å². The minimum absolute atomic E-state index is 0.0718. The highest BCUT2D eigenvalue weighted by atomic mass is 35.5. The summed E-state index contributed by atoms with van der Waals surface area (Å²) in [5.74, 6) is -0.365. The van der Waals surface area contributed by atoms with E-state index in [0.717, 1.165) is 0 Å². The molecule has 1 aromatic rings. The molecule has 0 saturated carbocycles. The van der Waals surface area contributed by atoms with E-state index in [0.29, 0.717) is 0 Å². The second-order valence-corrected chi connectivity index (χ2v) is 5.20. The number of benzene rings is 1.